The van der Waals surface area contributed by atoms with Crippen LogP contribution in [0.2, 0.25) is 0 Å². The van der Waals surface area contributed by atoms with Gasteiger partial charge in [-0.1, -0.05) is 18.2 Å². The molecule has 1 heterocycles. The van der Waals surface area contributed by atoms with Crippen molar-refractivity contribution in [3.63, 3.8) is 0 Å². The van der Waals surface area contributed by atoms with Gasteiger partial charge in [-0.05, 0) is 49.2 Å². The molecule has 1 saturated heterocycles. The monoisotopic (exact) mass is 415 g/mol. The van der Waals surface area contributed by atoms with Crippen LogP contribution in [0, 0.1) is 5.92 Å². The second kappa shape index (κ2) is 10.0. The van der Waals surface area contributed by atoms with Crippen LogP contribution >= 0.6 is 0 Å². The van der Waals surface area contributed by atoms with Crippen LogP contribution in [0.25, 0.3) is 6.08 Å². The van der Waals surface area contributed by atoms with Crippen LogP contribution in [0.15, 0.2) is 54.6 Å². The number of nitrogens with zero attached hydrogens (tertiary/aromatic N) is 1. The Morgan fingerprint density at radius 1 is 1.07 bits per heavy atom. The number of piperidine rings is 1. The smallest absolute Gasteiger partial charge is 0.387 e. The van der Waals surface area contributed by atoms with Crippen molar-refractivity contribution in [2.24, 2.45) is 5.92 Å². The molecular formula is C23H23F2NO4. The topological polar surface area (TPSA) is 55.8 Å². The minimum absolute atomic E-state index is 0.0142. The van der Waals surface area contributed by atoms with E-state index in [1.807, 2.05) is 0 Å². The first-order chi connectivity index (χ1) is 14.5. The highest BCUT2D eigenvalue weighted by Gasteiger charge is 2.27. The summed E-state index contributed by atoms with van der Waals surface area (Å²) in [5, 5.41) is 0. The maximum atomic E-state index is 12.7. The molecule has 0 aliphatic carbocycles. The summed E-state index contributed by atoms with van der Waals surface area (Å²) in [6.07, 6.45) is 3.97. The third-order valence-electron chi connectivity index (χ3n) is 5.09. The zero-order valence-corrected chi connectivity index (χ0v) is 16.6. The maximum Gasteiger partial charge on any atom is 0.387 e. The van der Waals surface area contributed by atoms with Crippen molar-refractivity contribution in [1.29, 1.82) is 0 Å². The number of Topliss-reactive ketones (excluding diaryl/α,β-unsaturated/α-hetero) is 1. The number of ketones is 1. The highest BCUT2D eigenvalue weighted by molar-refractivity contribution is 5.98. The fourth-order valence-corrected chi connectivity index (χ4v) is 3.44. The van der Waals surface area contributed by atoms with Crippen molar-refractivity contribution in [3.8, 4) is 11.5 Å². The van der Waals surface area contributed by atoms with Crippen molar-refractivity contribution in [2.45, 2.75) is 19.5 Å². The predicted molar refractivity (Wildman–Crippen MR) is 109 cm³/mol. The third kappa shape index (κ3) is 5.43. The number of benzene rings is 2. The number of ether oxygens (including phenoxy) is 2. The minimum Gasteiger partial charge on any atom is -0.497 e. The predicted octanol–water partition coefficient (Wildman–Crippen LogP) is 4.43. The van der Waals surface area contributed by atoms with Crippen LogP contribution in [-0.4, -0.2) is 43.4 Å². The molecule has 0 spiro atoms. The van der Waals surface area contributed by atoms with Gasteiger partial charge in [-0.3, -0.25) is 9.59 Å². The SMILES string of the molecule is COc1ccc(C(=O)C2CCN(C(=O)/C=C/c3ccccc3OC(F)F)CC2)cc1. The third-order valence-corrected chi connectivity index (χ3v) is 5.09. The fraction of sp³-hybridized carbons (Fsp3) is 0.304. The number of rotatable bonds is 7. The summed E-state index contributed by atoms with van der Waals surface area (Å²) in [5.41, 5.74) is 1.03. The number of carbonyl (C=O) groups excluding carboxylic acids is 2. The van der Waals surface area contributed by atoms with Gasteiger partial charge in [0.2, 0.25) is 5.91 Å². The van der Waals surface area contributed by atoms with Gasteiger partial charge >= 0.3 is 6.61 Å². The van der Waals surface area contributed by atoms with Crippen LogP contribution in [0.1, 0.15) is 28.8 Å². The molecule has 1 aliphatic heterocycles. The van der Waals surface area contributed by atoms with Crippen LogP contribution in [0.5, 0.6) is 11.5 Å². The van der Waals surface area contributed by atoms with E-state index in [1.165, 1.54) is 18.2 Å². The highest BCUT2D eigenvalue weighted by Crippen LogP contribution is 2.24. The number of para-hydroxylation sites is 1. The summed E-state index contributed by atoms with van der Waals surface area (Å²) in [6, 6.07) is 13.3. The molecule has 2 aromatic rings. The number of likely N-dealkylation sites (tertiary alicyclic amines) is 1. The van der Waals surface area contributed by atoms with Crippen LogP contribution in [-0.2, 0) is 4.79 Å². The molecule has 0 unspecified atom stereocenters. The average molecular weight is 415 g/mol. The molecule has 5 nitrogen and oxygen atoms in total. The van der Waals surface area contributed by atoms with Crippen molar-refractivity contribution in [2.75, 3.05) is 20.2 Å². The van der Waals surface area contributed by atoms with Crippen molar-refractivity contribution < 1.29 is 27.8 Å². The van der Waals surface area contributed by atoms with E-state index in [0.29, 0.717) is 42.8 Å². The lowest BCUT2D eigenvalue weighted by Crippen LogP contribution is -2.39. The summed E-state index contributed by atoms with van der Waals surface area (Å²) >= 11 is 0. The van der Waals surface area contributed by atoms with Crippen molar-refractivity contribution >= 4 is 17.8 Å². The number of carbonyl (C=O) groups is 2. The van der Waals surface area contributed by atoms with Gasteiger partial charge in [0.15, 0.2) is 5.78 Å². The number of alkyl halides is 2. The molecule has 0 radical (unpaired) electrons. The van der Waals surface area contributed by atoms with E-state index in [2.05, 4.69) is 4.74 Å². The lowest BCUT2D eigenvalue weighted by Gasteiger charge is -2.30. The van der Waals surface area contributed by atoms with Crippen LogP contribution < -0.4 is 9.47 Å². The molecule has 30 heavy (non-hydrogen) atoms. The Morgan fingerprint density at radius 3 is 2.37 bits per heavy atom. The summed E-state index contributed by atoms with van der Waals surface area (Å²) in [4.78, 5) is 26.8. The zero-order valence-electron chi connectivity index (χ0n) is 16.6. The fourth-order valence-electron chi connectivity index (χ4n) is 3.44. The van der Waals surface area contributed by atoms with E-state index < -0.39 is 6.61 Å². The normalized spacial score (nSPS) is 14.9. The Bertz CT molecular complexity index is 904. The minimum atomic E-state index is -2.93. The molecule has 1 amide bonds. The first-order valence-electron chi connectivity index (χ1n) is 9.67. The Hall–Kier alpha value is -3.22. The highest BCUT2D eigenvalue weighted by atomic mass is 19.3. The van der Waals surface area contributed by atoms with Gasteiger partial charge in [-0.2, -0.15) is 8.78 Å². The molecule has 2 aromatic carbocycles. The van der Waals surface area contributed by atoms with E-state index in [0.717, 1.165) is 0 Å². The average Bonchev–Trinajstić information content (AvgIpc) is 2.77. The van der Waals surface area contributed by atoms with Gasteiger partial charge in [0.1, 0.15) is 11.5 Å². The summed E-state index contributed by atoms with van der Waals surface area (Å²) in [5.74, 6) is 0.418. The quantitative estimate of drug-likeness (QED) is 0.496. The molecule has 1 aliphatic rings. The molecule has 0 aromatic heterocycles. The van der Waals surface area contributed by atoms with E-state index in [-0.39, 0.29) is 23.4 Å². The number of methoxy groups -OCH3 is 1. The first-order valence-corrected chi connectivity index (χ1v) is 9.67. The van der Waals surface area contributed by atoms with Gasteiger partial charge in [0.25, 0.3) is 0 Å². The lowest BCUT2D eigenvalue weighted by molar-refractivity contribution is -0.127. The summed E-state index contributed by atoms with van der Waals surface area (Å²) < 4.78 is 34.6. The molecule has 3 rings (SSSR count). The zero-order chi connectivity index (χ0) is 21.5. The number of halogens is 2. The Kier molecular flexibility index (Phi) is 7.17. The molecule has 7 heteroatoms. The summed E-state index contributed by atoms with van der Waals surface area (Å²) in [6.45, 7) is -2.01. The molecule has 158 valence electrons. The van der Waals surface area contributed by atoms with E-state index >= 15 is 0 Å². The molecular weight excluding hydrogens is 392 g/mol. The molecule has 0 atom stereocenters. The number of amides is 1. The van der Waals surface area contributed by atoms with Gasteiger partial charge in [-0.15, -0.1) is 0 Å². The Labute approximate surface area is 173 Å². The summed E-state index contributed by atoms with van der Waals surface area (Å²) in [7, 11) is 1.57. The van der Waals surface area contributed by atoms with Crippen LogP contribution in [0.4, 0.5) is 8.78 Å². The van der Waals surface area contributed by atoms with Gasteiger partial charge in [0.05, 0.1) is 7.11 Å². The van der Waals surface area contributed by atoms with Crippen LogP contribution in [0.3, 0.4) is 0 Å². The van der Waals surface area contributed by atoms with Crippen molar-refractivity contribution in [1.82, 2.24) is 4.90 Å². The van der Waals surface area contributed by atoms with E-state index in [1.54, 1.807) is 54.5 Å². The van der Waals surface area contributed by atoms with Gasteiger partial charge in [-0.25, -0.2) is 0 Å². The Balaban J connectivity index is 1.56. The Morgan fingerprint density at radius 2 is 1.73 bits per heavy atom. The number of hydrogen-bond acceptors (Lipinski definition) is 4. The lowest BCUT2D eigenvalue weighted by atomic mass is 9.89. The second-order valence-electron chi connectivity index (χ2n) is 6.94. The standard InChI is InChI=1S/C23H23F2NO4/c1-29-19-9-6-17(7-10-19)22(28)18-12-14-26(15-13-18)21(27)11-8-16-4-2-3-5-20(16)30-23(24)25/h2-11,18,23H,12-15H2,1H3/b11-8+. The molecule has 0 saturated carbocycles. The van der Waals surface area contributed by atoms with Crippen molar-refractivity contribution in [3.05, 3.63) is 65.7 Å². The number of hydrogen-bond donors (Lipinski definition) is 0. The molecule has 1 fully saturated rings. The second-order valence-corrected chi connectivity index (χ2v) is 6.94. The maximum absolute atomic E-state index is 12.7. The van der Waals surface area contributed by atoms with E-state index in [4.69, 9.17) is 4.74 Å². The molecule has 0 bridgehead atoms. The largest absolute Gasteiger partial charge is 0.497 e. The first kappa shape index (κ1) is 21.5. The van der Waals surface area contributed by atoms with Gasteiger partial charge in [0, 0.05) is 36.2 Å². The van der Waals surface area contributed by atoms with E-state index in [9.17, 15) is 18.4 Å². The molecule has 0 N–H and O–H groups in total. The van der Waals surface area contributed by atoms with Gasteiger partial charge < -0.3 is 14.4 Å².